The highest BCUT2D eigenvalue weighted by Gasteiger charge is 2.41. The molecule has 0 saturated heterocycles. The number of nitrogens with one attached hydrogen (secondary N) is 1. The average molecular weight is 539 g/mol. The third-order valence-electron chi connectivity index (χ3n) is 8.32. The zero-order chi connectivity index (χ0) is 29.0. The van der Waals surface area contributed by atoms with Crippen LogP contribution in [0.15, 0.2) is 34.9 Å². The molecule has 1 atom stereocenters. The lowest BCUT2D eigenvalue weighted by Gasteiger charge is -2.40. The second-order valence-electron chi connectivity index (χ2n) is 13.5. The van der Waals surface area contributed by atoms with Gasteiger partial charge >= 0.3 is 0 Å². The van der Waals surface area contributed by atoms with E-state index in [9.17, 15) is 14.7 Å². The molecule has 2 amide bonds. The molecule has 1 heterocycles. The van der Waals surface area contributed by atoms with Crippen molar-refractivity contribution in [3.05, 3.63) is 53.0 Å². The van der Waals surface area contributed by atoms with Crippen molar-refractivity contribution in [1.29, 1.82) is 0 Å². The molecule has 6 nitrogen and oxygen atoms in total. The molecule has 1 aliphatic rings. The molecular formula is C33H50N2O4. The molecule has 6 heteroatoms. The van der Waals surface area contributed by atoms with Crippen LogP contribution in [0.2, 0.25) is 0 Å². The molecule has 1 saturated carbocycles. The second-order valence-corrected chi connectivity index (χ2v) is 13.5. The average Bonchev–Trinajstić information content (AvgIpc) is 3.38. The minimum atomic E-state index is -0.997. The number of hydrogen-bond donors (Lipinski definition) is 2. The smallest absolute Gasteiger partial charge is 0.245 e. The van der Waals surface area contributed by atoms with Gasteiger partial charge in [-0.15, -0.1) is 0 Å². The van der Waals surface area contributed by atoms with E-state index in [4.69, 9.17) is 4.42 Å². The van der Waals surface area contributed by atoms with E-state index in [1.807, 2.05) is 38.1 Å². The van der Waals surface area contributed by atoms with Crippen LogP contribution in [-0.4, -0.2) is 33.4 Å². The predicted molar refractivity (Wildman–Crippen MR) is 157 cm³/mol. The first-order valence-corrected chi connectivity index (χ1v) is 14.7. The maximum Gasteiger partial charge on any atom is 0.245 e. The van der Waals surface area contributed by atoms with Gasteiger partial charge in [0.2, 0.25) is 11.8 Å². The molecule has 0 aliphatic heterocycles. The quantitative estimate of drug-likeness (QED) is 0.355. The van der Waals surface area contributed by atoms with Gasteiger partial charge in [0.05, 0.1) is 12.8 Å². The zero-order valence-electron chi connectivity index (χ0n) is 25.4. The fraction of sp³-hybridized carbons (Fsp3) is 0.636. The molecule has 3 rings (SSSR count). The summed E-state index contributed by atoms with van der Waals surface area (Å²) in [5, 5.41) is 14.4. The largest absolute Gasteiger partial charge is 0.507 e. The molecule has 1 aromatic carbocycles. The standard InChI is InChI=1S/C33H50N2O4/c1-9-33(8,30(38)34-24-14-11-10-12-15-24)35(22-25-16-13-19-39-25)28(36)18-17-23-20-26(31(2,3)4)29(37)27(21-23)32(5,6)7/h13,16,19-21,24,37H,9-12,14-15,17-18,22H2,1-8H3,(H,34,38). The van der Waals surface area contributed by atoms with E-state index in [2.05, 4.69) is 46.9 Å². The molecule has 39 heavy (non-hydrogen) atoms. The molecule has 2 N–H and O–H groups in total. The predicted octanol–water partition coefficient (Wildman–Crippen LogP) is 7.16. The number of rotatable bonds is 9. The number of phenolic OH excluding ortho intramolecular Hbond substituents is 1. The van der Waals surface area contributed by atoms with Crippen LogP contribution in [0.5, 0.6) is 5.75 Å². The number of furan rings is 1. The Bertz CT molecular complexity index is 1080. The van der Waals surface area contributed by atoms with E-state index < -0.39 is 5.54 Å². The topological polar surface area (TPSA) is 82.8 Å². The molecule has 1 unspecified atom stereocenters. The van der Waals surface area contributed by atoms with Crippen LogP contribution in [0, 0.1) is 0 Å². The van der Waals surface area contributed by atoms with Crippen molar-refractivity contribution >= 4 is 11.8 Å². The van der Waals surface area contributed by atoms with Gasteiger partial charge < -0.3 is 19.7 Å². The third kappa shape index (κ3) is 7.46. The van der Waals surface area contributed by atoms with Crippen LogP contribution in [0.4, 0.5) is 0 Å². The van der Waals surface area contributed by atoms with Gasteiger partial charge in [0, 0.05) is 12.5 Å². The zero-order valence-corrected chi connectivity index (χ0v) is 25.4. The van der Waals surface area contributed by atoms with Gasteiger partial charge in [-0.1, -0.05) is 79.9 Å². The first kappa shape index (κ1) is 30.8. The number of phenols is 1. The lowest BCUT2D eigenvalue weighted by atomic mass is 9.78. The Morgan fingerprint density at radius 1 is 1.00 bits per heavy atom. The van der Waals surface area contributed by atoms with Crippen LogP contribution in [0.25, 0.3) is 0 Å². The van der Waals surface area contributed by atoms with E-state index >= 15 is 0 Å². The van der Waals surface area contributed by atoms with Gasteiger partial charge in [0.25, 0.3) is 0 Å². The number of benzene rings is 1. The van der Waals surface area contributed by atoms with Gasteiger partial charge in [-0.3, -0.25) is 9.59 Å². The lowest BCUT2D eigenvalue weighted by Crippen LogP contribution is -2.59. The Kier molecular flexibility index (Phi) is 9.61. The van der Waals surface area contributed by atoms with E-state index in [0.717, 1.165) is 42.4 Å². The van der Waals surface area contributed by atoms with Gasteiger partial charge in [-0.25, -0.2) is 0 Å². The molecule has 2 aromatic rings. The molecule has 0 spiro atoms. The number of carbonyl (C=O) groups excluding carboxylic acids is 2. The Morgan fingerprint density at radius 2 is 1.59 bits per heavy atom. The molecule has 1 aliphatic carbocycles. The number of hydrogen-bond acceptors (Lipinski definition) is 4. The summed E-state index contributed by atoms with van der Waals surface area (Å²) < 4.78 is 5.61. The third-order valence-corrected chi connectivity index (χ3v) is 8.32. The Morgan fingerprint density at radius 3 is 2.08 bits per heavy atom. The molecule has 1 aromatic heterocycles. The molecule has 216 valence electrons. The monoisotopic (exact) mass is 538 g/mol. The van der Waals surface area contributed by atoms with Crippen molar-refractivity contribution in [2.24, 2.45) is 0 Å². The number of aromatic hydroxyl groups is 1. The summed E-state index contributed by atoms with van der Waals surface area (Å²) >= 11 is 0. The lowest BCUT2D eigenvalue weighted by molar-refractivity contribution is -0.149. The molecule has 1 fully saturated rings. The number of nitrogens with zero attached hydrogens (tertiary/aromatic N) is 1. The highest BCUT2D eigenvalue weighted by atomic mass is 16.3. The Hall–Kier alpha value is -2.76. The summed E-state index contributed by atoms with van der Waals surface area (Å²) in [5.41, 5.74) is 1.30. The van der Waals surface area contributed by atoms with E-state index in [1.54, 1.807) is 11.2 Å². The maximum absolute atomic E-state index is 13.9. The second kappa shape index (κ2) is 12.2. The summed E-state index contributed by atoms with van der Waals surface area (Å²) in [4.78, 5) is 29.3. The highest BCUT2D eigenvalue weighted by Crippen LogP contribution is 2.40. The van der Waals surface area contributed by atoms with Crippen LogP contribution in [0.1, 0.15) is 123 Å². The van der Waals surface area contributed by atoms with Gasteiger partial charge in [0.15, 0.2) is 0 Å². The Balaban J connectivity index is 1.89. The van der Waals surface area contributed by atoms with E-state index in [-0.39, 0.29) is 41.7 Å². The minimum absolute atomic E-state index is 0.0859. The van der Waals surface area contributed by atoms with Gasteiger partial charge in [0.1, 0.15) is 17.0 Å². The van der Waals surface area contributed by atoms with Crippen LogP contribution >= 0.6 is 0 Å². The molecule has 0 bridgehead atoms. The fourth-order valence-electron chi connectivity index (χ4n) is 5.53. The minimum Gasteiger partial charge on any atom is -0.507 e. The highest BCUT2D eigenvalue weighted by molar-refractivity contribution is 5.91. The van der Waals surface area contributed by atoms with Crippen LogP contribution in [0.3, 0.4) is 0 Å². The molecule has 0 radical (unpaired) electrons. The number of carbonyl (C=O) groups is 2. The van der Waals surface area contributed by atoms with Crippen LogP contribution in [-0.2, 0) is 33.4 Å². The normalized spacial score (nSPS) is 16.5. The summed E-state index contributed by atoms with van der Waals surface area (Å²) in [5.74, 6) is 0.814. The van der Waals surface area contributed by atoms with E-state index in [0.29, 0.717) is 24.4 Å². The fourth-order valence-corrected chi connectivity index (χ4v) is 5.53. The SMILES string of the molecule is CCC(C)(C(=O)NC1CCCCC1)N(Cc1ccco1)C(=O)CCc1cc(C(C)(C)C)c(O)c(C(C)(C)C)c1. The van der Waals surface area contributed by atoms with Crippen molar-refractivity contribution < 1.29 is 19.1 Å². The van der Waals surface area contributed by atoms with E-state index in [1.165, 1.54) is 6.42 Å². The first-order valence-electron chi connectivity index (χ1n) is 14.7. The van der Waals surface area contributed by atoms with Crippen molar-refractivity contribution in [3.63, 3.8) is 0 Å². The van der Waals surface area contributed by atoms with Crippen molar-refractivity contribution in [2.45, 2.75) is 136 Å². The summed E-state index contributed by atoms with van der Waals surface area (Å²) in [6.07, 6.45) is 8.32. The molecular weight excluding hydrogens is 488 g/mol. The summed E-state index contributed by atoms with van der Waals surface area (Å²) in [6, 6.07) is 7.89. The summed E-state index contributed by atoms with van der Waals surface area (Å²) in [7, 11) is 0. The van der Waals surface area contributed by atoms with Crippen molar-refractivity contribution in [3.8, 4) is 5.75 Å². The Labute approximate surface area is 235 Å². The maximum atomic E-state index is 13.9. The van der Waals surface area contributed by atoms with Crippen molar-refractivity contribution in [2.75, 3.05) is 0 Å². The number of aryl methyl sites for hydroxylation is 1. The summed E-state index contributed by atoms with van der Waals surface area (Å²) in [6.45, 7) is 16.6. The van der Waals surface area contributed by atoms with Crippen LogP contribution < -0.4 is 5.32 Å². The van der Waals surface area contributed by atoms with Gasteiger partial charge in [-0.05, 0) is 72.3 Å². The number of amides is 2. The van der Waals surface area contributed by atoms with Crippen molar-refractivity contribution in [1.82, 2.24) is 10.2 Å². The first-order chi connectivity index (χ1) is 18.2. The van der Waals surface area contributed by atoms with Gasteiger partial charge in [-0.2, -0.15) is 0 Å².